The maximum absolute atomic E-state index is 12.5. The van der Waals surface area contributed by atoms with E-state index in [1.165, 1.54) is 7.11 Å². The highest BCUT2D eigenvalue weighted by Crippen LogP contribution is 2.35. The summed E-state index contributed by atoms with van der Waals surface area (Å²) in [6, 6.07) is 15.9. The number of rotatable bonds is 6. The third-order valence-corrected chi connectivity index (χ3v) is 4.89. The van der Waals surface area contributed by atoms with Crippen LogP contribution in [0.5, 0.6) is 0 Å². The van der Waals surface area contributed by atoms with Gasteiger partial charge in [0.25, 0.3) is 0 Å². The normalized spacial score (nSPS) is 19.8. The zero-order chi connectivity index (χ0) is 20.3. The minimum absolute atomic E-state index is 0.248. The fraction of sp³-hybridized carbons (Fsp3) is 0.286. The maximum Gasteiger partial charge on any atom is 0.333 e. The second-order valence-electron chi connectivity index (χ2n) is 6.98. The lowest BCUT2D eigenvalue weighted by atomic mass is 9.92. The number of hydrazone groups is 1. The number of hydrogen-bond acceptors (Lipinski definition) is 6. The topological polar surface area (TPSA) is 105 Å². The largest absolute Gasteiger partial charge is 0.480 e. The number of nitrogens with zero attached hydrogens (tertiary/aromatic N) is 2. The molecule has 1 heterocycles. The fourth-order valence-electron chi connectivity index (χ4n) is 3.29. The Kier molecular flexibility index (Phi) is 5.46. The molecule has 7 nitrogen and oxygen atoms in total. The predicted octanol–water partition coefficient (Wildman–Crippen LogP) is 2.19. The number of benzene rings is 2. The fourth-order valence-corrected chi connectivity index (χ4v) is 3.29. The molecule has 0 radical (unpaired) electrons. The highest BCUT2D eigenvalue weighted by Gasteiger charge is 2.47. The molecule has 2 aromatic carbocycles. The monoisotopic (exact) mass is 381 g/mol. The number of carbonyl (C=O) groups excluding carboxylic acids is 1. The quantitative estimate of drug-likeness (QED) is 0.743. The lowest BCUT2D eigenvalue weighted by Crippen LogP contribution is -2.48. The molecule has 0 bridgehead atoms. The van der Waals surface area contributed by atoms with Crippen LogP contribution >= 0.6 is 0 Å². The SMILES string of the molecule is COC(=O)C1(C)CC(c2ccc(C[C@H](N)C(=O)O)cc2)=NN1c1ccccc1. The molecule has 28 heavy (non-hydrogen) atoms. The molecular formula is C21H23N3O4. The average Bonchev–Trinajstić information content (AvgIpc) is 3.07. The van der Waals surface area contributed by atoms with E-state index in [1.54, 1.807) is 5.01 Å². The summed E-state index contributed by atoms with van der Waals surface area (Å²) in [5, 5.41) is 15.3. The molecule has 0 saturated carbocycles. The van der Waals surface area contributed by atoms with Gasteiger partial charge >= 0.3 is 11.9 Å². The summed E-state index contributed by atoms with van der Waals surface area (Å²) in [4.78, 5) is 23.4. The van der Waals surface area contributed by atoms with Crippen molar-refractivity contribution in [3.8, 4) is 0 Å². The number of methoxy groups -OCH3 is 1. The first-order valence-electron chi connectivity index (χ1n) is 8.94. The number of carboxylic acid groups (broad SMARTS) is 1. The first-order chi connectivity index (χ1) is 13.3. The van der Waals surface area contributed by atoms with Gasteiger partial charge in [-0.05, 0) is 36.6 Å². The van der Waals surface area contributed by atoms with Crippen molar-refractivity contribution in [2.75, 3.05) is 12.1 Å². The van der Waals surface area contributed by atoms with Crippen molar-refractivity contribution in [1.82, 2.24) is 0 Å². The number of aliphatic carboxylic acids is 1. The molecule has 0 aromatic heterocycles. The van der Waals surface area contributed by atoms with Crippen LogP contribution in [-0.4, -0.2) is 41.4 Å². The number of anilines is 1. The number of hydrogen-bond donors (Lipinski definition) is 2. The zero-order valence-corrected chi connectivity index (χ0v) is 15.8. The Morgan fingerprint density at radius 1 is 1.21 bits per heavy atom. The lowest BCUT2D eigenvalue weighted by Gasteiger charge is -2.31. The van der Waals surface area contributed by atoms with Gasteiger partial charge in [-0.3, -0.25) is 4.79 Å². The van der Waals surface area contributed by atoms with Crippen LogP contribution in [0.3, 0.4) is 0 Å². The van der Waals surface area contributed by atoms with Crippen LogP contribution in [0.4, 0.5) is 5.69 Å². The summed E-state index contributed by atoms with van der Waals surface area (Å²) < 4.78 is 5.03. The lowest BCUT2D eigenvalue weighted by molar-refractivity contribution is -0.146. The van der Waals surface area contributed by atoms with Crippen LogP contribution in [0.15, 0.2) is 59.7 Å². The molecule has 1 unspecified atom stereocenters. The first kappa shape index (κ1) is 19.6. The van der Waals surface area contributed by atoms with Gasteiger partial charge in [-0.15, -0.1) is 0 Å². The minimum Gasteiger partial charge on any atom is -0.480 e. The van der Waals surface area contributed by atoms with Gasteiger partial charge < -0.3 is 15.6 Å². The molecule has 3 rings (SSSR count). The Morgan fingerprint density at radius 3 is 2.43 bits per heavy atom. The third-order valence-electron chi connectivity index (χ3n) is 4.89. The van der Waals surface area contributed by atoms with Gasteiger partial charge in [0.15, 0.2) is 5.54 Å². The molecule has 2 atom stereocenters. The van der Waals surface area contributed by atoms with Crippen molar-refractivity contribution in [3.05, 3.63) is 65.7 Å². The highest BCUT2D eigenvalue weighted by molar-refractivity contribution is 6.08. The van der Waals surface area contributed by atoms with E-state index < -0.39 is 17.6 Å². The van der Waals surface area contributed by atoms with Gasteiger partial charge in [0.1, 0.15) is 6.04 Å². The Hall–Kier alpha value is -3.19. The Bertz CT molecular complexity index is 896. The van der Waals surface area contributed by atoms with Crippen LogP contribution in [0.25, 0.3) is 0 Å². The minimum atomic E-state index is -1.03. The van der Waals surface area contributed by atoms with Crippen molar-refractivity contribution in [3.63, 3.8) is 0 Å². The van der Waals surface area contributed by atoms with Crippen molar-refractivity contribution >= 4 is 23.3 Å². The maximum atomic E-state index is 12.5. The van der Waals surface area contributed by atoms with Gasteiger partial charge in [0.05, 0.1) is 18.5 Å². The number of para-hydroxylation sites is 1. The van der Waals surface area contributed by atoms with E-state index >= 15 is 0 Å². The van der Waals surface area contributed by atoms with Crippen LogP contribution in [-0.2, 0) is 20.7 Å². The second kappa shape index (κ2) is 7.82. The molecule has 2 aromatic rings. The third kappa shape index (κ3) is 3.75. The van der Waals surface area contributed by atoms with Crippen molar-refractivity contribution < 1.29 is 19.4 Å². The Labute approximate surface area is 163 Å². The second-order valence-corrected chi connectivity index (χ2v) is 6.98. The van der Waals surface area contributed by atoms with Crippen LogP contribution in [0.2, 0.25) is 0 Å². The summed E-state index contributed by atoms with van der Waals surface area (Å²) >= 11 is 0. The van der Waals surface area contributed by atoms with Crippen molar-refractivity contribution in [2.24, 2.45) is 10.8 Å². The van der Waals surface area contributed by atoms with Gasteiger partial charge in [-0.2, -0.15) is 5.10 Å². The first-order valence-corrected chi connectivity index (χ1v) is 8.94. The Morgan fingerprint density at radius 2 is 1.86 bits per heavy atom. The number of esters is 1. The van der Waals surface area contributed by atoms with Gasteiger partial charge in [0, 0.05) is 6.42 Å². The zero-order valence-electron chi connectivity index (χ0n) is 15.8. The summed E-state index contributed by atoms with van der Waals surface area (Å²) in [7, 11) is 1.37. The molecule has 146 valence electrons. The molecule has 0 aliphatic carbocycles. The number of ether oxygens (including phenoxy) is 1. The molecule has 0 fully saturated rings. The van der Waals surface area contributed by atoms with E-state index in [0.29, 0.717) is 6.42 Å². The molecule has 7 heteroatoms. The molecular weight excluding hydrogens is 358 g/mol. The van der Waals surface area contributed by atoms with Gasteiger partial charge in [-0.1, -0.05) is 42.5 Å². The van der Waals surface area contributed by atoms with E-state index in [2.05, 4.69) is 0 Å². The van der Waals surface area contributed by atoms with Crippen LogP contribution in [0, 0.1) is 0 Å². The van der Waals surface area contributed by atoms with E-state index in [-0.39, 0.29) is 12.4 Å². The highest BCUT2D eigenvalue weighted by atomic mass is 16.5. The summed E-state index contributed by atoms with van der Waals surface area (Å²) in [5.74, 6) is -1.39. The van der Waals surface area contributed by atoms with E-state index in [1.807, 2.05) is 61.5 Å². The molecule has 3 N–H and O–H groups in total. The smallest absolute Gasteiger partial charge is 0.333 e. The molecule has 0 spiro atoms. The van der Waals surface area contributed by atoms with Crippen LogP contribution < -0.4 is 10.7 Å². The van der Waals surface area contributed by atoms with Gasteiger partial charge in [0.2, 0.25) is 0 Å². The predicted molar refractivity (Wildman–Crippen MR) is 106 cm³/mol. The standard InChI is InChI=1S/C21H23N3O4/c1-21(20(27)28-2)13-18(23-24(21)16-6-4-3-5-7-16)15-10-8-14(9-11-15)12-17(22)19(25)26/h3-11,17H,12-13,22H2,1-2H3,(H,25,26)/t17-,21?/m0/s1. The number of carboxylic acids is 1. The van der Waals surface area contributed by atoms with Crippen LogP contribution in [0.1, 0.15) is 24.5 Å². The van der Waals surface area contributed by atoms with Gasteiger partial charge in [-0.25, -0.2) is 9.80 Å². The average molecular weight is 381 g/mol. The number of nitrogens with two attached hydrogens (primary N) is 1. The van der Waals surface area contributed by atoms with Crippen molar-refractivity contribution in [1.29, 1.82) is 0 Å². The summed E-state index contributed by atoms with van der Waals surface area (Å²) in [6.07, 6.45) is 0.640. The molecule has 0 amide bonds. The molecule has 0 saturated heterocycles. The van der Waals surface area contributed by atoms with E-state index in [4.69, 9.17) is 20.7 Å². The number of carbonyl (C=O) groups is 2. The molecule has 1 aliphatic heterocycles. The molecule has 1 aliphatic rings. The van der Waals surface area contributed by atoms with E-state index in [0.717, 1.165) is 22.5 Å². The summed E-state index contributed by atoms with van der Waals surface area (Å²) in [5.41, 5.74) is 7.89. The Balaban J connectivity index is 1.89. The summed E-state index contributed by atoms with van der Waals surface area (Å²) in [6.45, 7) is 1.81. The van der Waals surface area contributed by atoms with E-state index in [9.17, 15) is 9.59 Å². The van der Waals surface area contributed by atoms with Crippen molar-refractivity contribution in [2.45, 2.75) is 31.3 Å².